The Morgan fingerprint density at radius 3 is 2.65 bits per heavy atom. The van der Waals surface area contributed by atoms with Crippen LogP contribution in [0.5, 0.6) is 5.75 Å². The van der Waals surface area contributed by atoms with E-state index in [4.69, 9.17) is 27.3 Å². The molecular weight excluding hydrogens is 272 g/mol. The highest BCUT2D eigenvalue weighted by molar-refractivity contribution is 6.31. The van der Waals surface area contributed by atoms with Crippen molar-refractivity contribution >= 4 is 17.3 Å². The van der Waals surface area contributed by atoms with E-state index in [9.17, 15) is 0 Å². The first-order chi connectivity index (χ1) is 9.63. The van der Waals surface area contributed by atoms with Crippen molar-refractivity contribution in [2.24, 2.45) is 0 Å². The Morgan fingerprint density at radius 2 is 2.05 bits per heavy atom. The SMILES string of the molecule is CCc1ccc(OCc2ccc(C#N)cc2Cl)c(N)c1. The average Bonchev–Trinajstić information content (AvgIpc) is 2.46. The molecule has 20 heavy (non-hydrogen) atoms. The highest BCUT2D eigenvalue weighted by Gasteiger charge is 2.05. The van der Waals surface area contributed by atoms with E-state index >= 15 is 0 Å². The van der Waals surface area contributed by atoms with Gasteiger partial charge in [0, 0.05) is 10.6 Å². The lowest BCUT2D eigenvalue weighted by Crippen LogP contribution is -2.00. The van der Waals surface area contributed by atoms with Gasteiger partial charge in [-0.25, -0.2) is 0 Å². The minimum absolute atomic E-state index is 0.320. The second-order valence-corrected chi connectivity index (χ2v) is 4.84. The molecule has 0 bridgehead atoms. The van der Waals surface area contributed by atoms with Gasteiger partial charge >= 0.3 is 0 Å². The standard InChI is InChI=1S/C16H15ClN2O/c1-2-11-4-6-16(15(19)8-11)20-10-13-5-3-12(9-18)7-14(13)17/h3-8H,2,10,19H2,1H3. The fourth-order valence-electron chi connectivity index (χ4n) is 1.84. The highest BCUT2D eigenvalue weighted by Crippen LogP contribution is 2.25. The van der Waals surface area contributed by atoms with E-state index in [0.29, 0.717) is 28.6 Å². The number of hydrogen-bond donors (Lipinski definition) is 1. The maximum absolute atomic E-state index is 8.79. The zero-order chi connectivity index (χ0) is 14.5. The van der Waals surface area contributed by atoms with Gasteiger partial charge in [0.2, 0.25) is 0 Å². The Hall–Kier alpha value is -2.18. The van der Waals surface area contributed by atoms with Crippen LogP contribution in [0.15, 0.2) is 36.4 Å². The predicted octanol–water partition coefficient (Wildman–Crippen LogP) is 3.94. The quantitative estimate of drug-likeness (QED) is 0.866. The summed E-state index contributed by atoms with van der Waals surface area (Å²) < 4.78 is 5.68. The van der Waals surface area contributed by atoms with Gasteiger partial charge in [0.1, 0.15) is 12.4 Å². The van der Waals surface area contributed by atoms with Gasteiger partial charge < -0.3 is 10.5 Å². The second-order valence-electron chi connectivity index (χ2n) is 4.43. The maximum Gasteiger partial charge on any atom is 0.142 e. The summed E-state index contributed by atoms with van der Waals surface area (Å²) in [6.07, 6.45) is 0.936. The number of anilines is 1. The third kappa shape index (κ3) is 3.23. The van der Waals surface area contributed by atoms with E-state index in [1.54, 1.807) is 18.2 Å². The van der Waals surface area contributed by atoms with Gasteiger partial charge in [-0.05, 0) is 36.2 Å². The molecule has 0 atom stereocenters. The molecule has 4 heteroatoms. The normalized spacial score (nSPS) is 10.1. The van der Waals surface area contributed by atoms with Crippen LogP contribution < -0.4 is 10.5 Å². The summed E-state index contributed by atoms with van der Waals surface area (Å²) in [5.41, 5.74) is 9.09. The van der Waals surface area contributed by atoms with Crippen LogP contribution in [0.4, 0.5) is 5.69 Å². The van der Waals surface area contributed by atoms with Crippen molar-refractivity contribution in [3.8, 4) is 11.8 Å². The van der Waals surface area contributed by atoms with Gasteiger partial charge in [-0.15, -0.1) is 0 Å². The zero-order valence-corrected chi connectivity index (χ0v) is 11.9. The van der Waals surface area contributed by atoms with Crippen LogP contribution in [0.1, 0.15) is 23.6 Å². The summed E-state index contributed by atoms with van der Waals surface area (Å²) >= 11 is 6.10. The number of benzene rings is 2. The van der Waals surface area contributed by atoms with Crippen molar-refractivity contribution < 1.29 is 4.74 Å². The molecule has 2 N–H and O–H groups in total. The molecule has 0 aromatic heterocycles. The largest absolute Gasteiger partial charge is 0.487 e. The lowest BCUT2D eigenvalue weighted by molar-refractivity contribution is 0.308. The minimum atomic E-state index is 0.320. The van der Waals surface area contributed by atoms with E-state index in [1.807, 2.05) is 24.3 Å². The molecular formula is C16H15ClN2O. The van der Waals surface area contributed by atoms with Gasteiger partial charge in [0.15, 0.2) is 0 Å². The van der Waals surface area contributed by atoms with E-state index in [1.165, 1.54) is 5.56 Å². The molecule has 102 valence electrons. The van der Waals surface area contributed by atoms with Gasteiger partial charge in [-0.2, -0.15) is 5.26 Å². The predicted molar refractivity (Wildman–Crippen MR) is 80.7 cm³/mol. The molecule has 2 rings (SSSR count). The van der Waals surface area contributed by atoms with Crippen LogP contribution in [0, 0.1) is 11.3 Å². The van der Waals surface area contributed by atoms with Crippen molar-refractivity contribution in [3.63, 3.8) is 0 Å². The summed E-state index contributed by atoms with van der Waals surface area (Å²) in [6, 6.07) is 13.0. The Bertz CT molecular complexity index is 662. The molecule has 0 unspecified atom stereocenters. The van der Waals surface area contributed by atoms with E-state index in [0.717, 1.165) is 12.0 Å². The fraction of sp³-hybridized carbons (Fsp3) is 0.188. The minimum Gasteiger partial charge on any atom is -0.487 e. The first-order valence-electron chi connectivity index (χ1n) is 6.33. The number of rotatable bonds is 4. The summed E-state index contributed by atoms with van der Waals surface area (Å²) in [5.74, 6) is 0.641. The molecule has 0 amide bonds. The fourth-order valence-corrected chi connectivity index (χ4v) is 2.07. The van der Waals surface area contributed by atoms with Gasteiger partial charge in [0.05, 0.1) is 17.3 Å². The number of nitrogens with zero attached hydrogens (tertiary/aromatic N) is 1. The lowest BCUT2D eigenvalue weighted by Gasteiger charge is -2.11. The first kappa shape index (κ1) is 14.2. The third-order valence-corrected chi connectivity index (χ3v) is 3.40. The summed E-state index contributed by atoms with van der Waals surface area (Å²) in [5, 5.41) is 9.31. The molecule has 0 saturated heterocycles. The number of nitrogen functional groups attached to an aromatic ring is 1. The molecule has 0 heterocycles. The van der Waals surface area contributed by atoms with E-state index < -0.39 is 0 Å². The molecule has 2 aromatic rings. The average molecular weight is 287 g/mol. The van der Waals surface area contributed by atoms with Crippen molar-refractivity contribution in [1.29, 1.82) is 5.26 Å². The number of hydrogen-bond acceptors (Lipinski definition) is 3. The first-order valence-corrected chi connectivity index (χ1v) is 6.71. The monoisotopic (exact) mass is 286 g/mol. The molecule has 2 aromatic carbocycles. The molecule has 0 aliphatic heterocycles. The third-order valence-electron chi connectivity index (χ3n) is 3.05. The van der Waals surface area contributed by atoms with Crippen LogP contribution in [0.3, 0.4) is 0 Å². The van der Waals surface area contributed by atoms with Crippen LogP contribution in [-0.4, -0.2) is 0 Å². The Balaban J connectivity index is 2.11. The van der Waals surface area contributed by atoms with Crippen LogP contribution >= 0.6 is 11.6 Å². The van der Waals surface area contributed by atoms with Gasteiger partial charge in [-0.3, -0.25) is 0 Å². The Morgan fingerprint density at radius 1 is 1.25 bits per heavy atom. The number of nitrogens with two attached hydrogens (primary N) is 1. The Kier molecular flexibility index (Phi) is 4.49. The molecule has 0 aliphatic carbocycles. The number of aryl methyl sites for hydroxylation is 1. The number of halogens is 1. The van der Waals surface area contributed by atoms with Crippen molar-refractivity contribution in [3.05, 3.63) is 58.1 Å². The van der Waals surface area contributed by atoms with Crippen LogP contribution in [-0.2, 0) is 13.0 Å². The van der Waals surface area contributed by atoms with Gasteiger partial charge in [0.25, 0.3) is 0 Å². The summed E-state index contributed by atoms with van der Waals surface area (Å²) in [4.78, 5) is 0. The maximum atomic E-state index is 8.79. The highest BCUT2D eigenvalue weighted by atomic mass is 35.5. The molecule has 3 nitrogen and oxygen atoms in total. The van der Waals surface area contributed by atoms with Gasteiger partial charge in [-0.1, -0.05) is 30.7 Å². The van der Waals surface area contributed by atoms with Crippen molar-refractivity contribution in [2.45, 2.75) is 20.0 Å². The molecule has 0 radical (unpaired) electrons. The number of nitriles is 1. The molecule has 0 fully saturated rings. The number of ether oxygens (including phenoxy) is 1. The molecule has 0 saturated carbocycles. The second kappa shape index (κ2) is 6.31. The van der Waals surface area contributed by atoms with Crippen LogP contribution in [0.25, 0.3) is 0 Å². The Labute approximate surface area is 123 Å². The van der Waals surface area contributed by atoms with Crippen molar-refractivity contribution in [2.75, 3.05) is 5.73 Å². The lowest BCUT2D eigenvalue weighted by atomic mass is 10.1. The zero-order valence-electron chi connectivity index (χ0n) is 11.2. The van der Waals surface area contributed by atoms with Crippen molar-refractivity contribution in [1.82, 2.24) is 0 Å². The summed E-state index contributed by atoms with van der Waals surface area (Å²) in [7, 11) is 0. The summed E-state index contributed by atoms with van der Waals surface area (Å²) in [6.45, 7) is 2.39. The smallest absolute Gasteiger partial charge is 0.142 e. The van der Waals surface area contributed by atoms with Crippen LogP contribution in [0.2, 0.25) is 5.02 Å². The molecule has 0 aliphatic rings. The van der Waals surface area contributed by atoms with E-state index in [2.05, 4.69) is 6.92 Å². The van der Waals surface area contributed by atoms with E-state index in [-0.39, 0.29) is 0 Å². The topological polar surface area (TPSA) is 59.0 Å². The molecule has 0 spiro atoms.